The molecule has 2 atom stereocenters. The first kappa shape index (κ1) is 24.7. The molecular weight excluding hydrogens is 491 g/mol. The maximum atomic E-state index is 13.8. The van der Waals surface area contributed by atoms with Crippen LogP contribution in [0.2, 0.25) is 0 Å². The van der Waals surface area contributed by atoms with Crippen molar-refractivity contribution in [2.24, 2.45) is 10.1 Å². The molecule has 37 heavy (non-hydrogen) atoms. The van der Waals surface area contributed by atoms with E-state index in [1.165, 1.54) is 17.8 Å². The zero-order chi connectivity index (χ0) is 25.9. The Balaban J connectivity index is 1.35. The van der Waals surface area contributed by atoms with Crippen LogP contribution in [0.15, 0.2) is 82.9 Å². The number of amides is 2. The van der Waals surface area contributed by atoms with Crippen LogP contribution < -0.4 is 10.1 Å². The molecule has 0 fully saturated rings. The predicted molar refractivity (Wildman–Crippen MR) is 143 cm³/mol. The van der Waals surface area contributed by atoms with Gasteiger partial charge >= 0.3 is 0 Å². The molecule has 3 aromatic rings. The number of anilines is 1. The highest BCUT2D eigenvalue weighted by atomic mass is 32.2. The highest BCUT2D eigenvalue weighted by Crippen LogP contribution is 2.39. The molecule has 3 aromatic carbocycles. The Morgan fingerprint density at radius 2 is 1.95 bits per heavy atom. The molecule has 2 aliphatic rings. The number of aliphatic imine (C=N–C) groups is 1. The summed E-state index contributed by atoms with van der Waals surface area (Å²) in [7, 11) is 1.62. The van der Waals surface area contributed by atoms with E-state index in [1.54, 1.807) is 31.2 Å². The number of thioether (sulfide) groups is 1. The van der Waals surface area contributed by atoms with Gasteiger partial charge in [-0.15, -0.1) is 0 Å². The van der Waals surface area contributed by atoms with Gasteiger partial charge in [0.15, 0.2) is 5.17 Å². The summed E-state index contributed by atoms with van der Waals surface area (Å²) in [6, 6.07) is 21.9. The number of benzene rings is 3. The number of rotatable bonds is 6. The highest BCUT2D eigenvalue weighted by Gasteiger charge is 2.39. The topological polar surface area (TPSA) is 83.4 Å². The number of aryl methyl sites for hydroxylation is 1. The number of hydrogen-bond acceptors (Lipinski definition) is 6. The van der Waals surface area contributed by atoms with Gasteiger partial charge in [-0.3, -0.25) is 9.59 Å². The summed E-state index contributed by atoms with van der Waals surface area (Å²) in [5.74, 6) is -0.452. The molecule has 0 spiro atoms. The molecule has 5 rings (SSSR count). The Morgan fingerprint density at radius 1 is 1.14 bits per heavy atom. The van der Waals surface area contributed by atoms with Crippen molar-refractivity contribution in [3.05, 3.63) is 95.3 Å². The van der Waals surface area contributed by atoms with E-state index in [0.29, 0.717) is 22.8 Å². The first-order valence-corrected chi connectivity index (χ1v) is 12.7. The molecule has 0 radical (unpaired) electrons. The molecule has 0 bridgehead atoms. The molecule has 1 N–H and O–H groups in total. The minimum atomic E-state index is -0.688. The largest absolute Gasteiger partial charge is 0.497 e. The van der Waals surface area contributed by atoms with Gasteiger partial charge in [-0.2, -0.15) is 10.1 Å². The lowest BCUT2D eigenvalue weighted by Crippen LogP contribution is -2.25. The van der Waals surface area contributed by atoms with Crippen LogP contribution in [0.1, 0.15) is 35.6 Å². The third-order valence-corrected chi connectivity index (χ3v) is 7.39. The summed E-state index contributed by atoms with van der Waals surface area (Å²) in [6.07, 6.45) is 0.536. The van der Waals surface area contributed by atoms with Crippen LogP contribution in [0.3, 0.4) is 0 Å². The molecule has 0 saturated carbocycles. The molecule has 0 aliphatic carbocycles. The van der Waals surface area contributed by atoms with Crippen molar-refractivity contribution in [3.63, 3.8) is 0 Å². The molecule has 7 nitrogen and oxygen atoms in total. The zero-order valence-corrected chi connectivity index (χ0v) is 21.2. The average molecular weight is 517 g/mol. The number of nitrogens with zero attached hydrogens (tertiary/aromatic N) is 3. The molecule has 2 amide bonds. The number of hydrogen-bond donors (Lipinski definition) is 1. The number of hydrazone groups is 1. The van der Waals surface area contributed by atoms with Crippen LogP contribution in [-0.2, 0) is 9.59 Å². The second-order valence-electron chi connectivity index (χ2n) is 8.81. The summed E-state index contributed by atoms with van der Waals surface area (Å²) in [5, 5.41) is 9.05. The lowest BCUT2D eigenvalue weighted by molar-refractivity contribution is -0.121. The van der Waals surface area contributed by atoms with E-state index in [4.69, 9.17) is 9.84 Å². The normalized spacial score (nSPS) is 19.0. The molecule has 2 unspecified atom stereocenters. The van der Waals surface area contributed by atoms with Crippen molar-refractivity contribution in [3.8, 4) is 5.75 Å². The van der Waals surface area contributed by atoms with Crippen LogP contribution in [0.4, 0.5) is 10.1 Å². The van der Waals surface area contributed by atoms with E-state index in [1.807, 2.05) is 54.6 Å². The Hall–Kier alpha value is -3.98. The Bertz CT molecular complexity index is 1410. The summed E-state index contributed by atoms with van der Waals surface area (Å²) in [5.41, 5.74) is 3.69. The van der Waals surface area contributed by atoms with Crippen LogP contribution in [-0.4, -0.2) is 40.1 Å². The Labute approximate surface area is 218 Å². The SMILES string of the molecule is COc1cccc(C2CC(c3ccccc3)=NN2C2=NC(=O)C(CC(=O)Nc3ccc(C)c(F)c3)S2)c1. The highest BCUT2D eigenvalue weighted by molar-refractivity contribution is 8.15. The van der Waals surface area contributed by atoms with Crippen LogP contribution >= 0.6 is 11.8 Å². The predicted octanol–water partition coefficient (Wildman–Crippen LogP) is 5.32. The summed E-state index contributed by atoms with van der Waals surface area (Å²) >= 11 is 1.22. The van der Waals surface area contributed by atoms with E-state index < -0.39 is 17.0 Å². The molecular formula is C28H25FN4O3S. The minimum absolute atomic E-state index is 0.0844. The van der Waals surface area contributed by atoms with Gasteiger partial charge in [0.25, 0.3) is 5.91 Å². The fourth-order valence-corrected chi connectivity index (χ4v) is 5.32. The summed E-state index contributed by atoms with van der Waals surface area (Å²) in [6.45, 7) is 1.65. The van der Waals surface area contributed by atoms with Gasteiger partial charge in [0.1, 0.15) is 16.8 Å². The van der Waals surface area contributed by atoms with Crippen LogP contribution in [0.5, 0.6) is 5.75 Å². The number of halogens is 1. The van der Waals surface area contributed by atoms with Gasteiger partial charge in [0, 0.05) is 18.5 Å². The van der Waals surface area contributed by atoms with E-state index in [-0.39, 0.29) is 18.4 Å². The first-order chi connectivity index (χ1) is 17.9. The smallest absolute Gasteiger partial charge is 0.262 e. The number of carbonyl (C=O) groups is 2. The fourth-order valence-electron chi connectivity index (χ4n) is 4.26. The molecule has 9 heteroatoms. The van der Waals surface area contributed by atoms with Crippen molar-refractivity contribution in [1.82, 2.24) is 5.01 Å². The zero-order valence-electron chi connectivity index (χ0n) is 20.3. The monoisotopic (exact) mass is 516 g/mol. The van der Waals surface area contributed by atoms with E-state index >= 15 is 0 Å². The van der Waals surface area contributed by atoms with Gasteiger partial charge in [-0.25, -0.2) is 9.40 Å². The number of methoxy groups -OCH3 is 1. The Morgan fingerprint density at radius 3 is 2.70 bits per heavy atom. The standard InChI is InChI=1S/C28H25FN4O3S/c1-17-11-12-20(14-22(17)29)30-26(34)16-25-27(35)31-28(37-25)33-24(19-9-6-10-21(13-19)36-2)15-23(32-33)18-7-4-3-5-8-18/h3-14,24-25H,15-16H2,1-2H3,(H,30,34). The molecule has 0 aromatic heterocycles. The maximum absolute atomic E-state index is 13.8. The maximum Gasteiger partial charge on any atom is 0.262 e. The fraction of sp³-hybridized carbons (Fsp3) is 0.214. The van der Waals surface area contributed by atoms with Gasteiger partial charge in [-0.05, 0) is 47.9 Å². The molecule has 0 saturated heterocycles. The van der Waals surface area contributed by atoms with Gasteiger partial charge < -0.3 is 10.1 Å². The second kappa shape index (κ2) is 10.6. The van der Waals surface area contributed by atoms with Crippen molar-refractivity contribution in [1.29, 1.82) is 0 Å². The number of ether oxygens (including phenoxy) is 1. The van der Waals surface area contributed by atoms with Crippen LogP contribution in [0, 0.1) is 12.7 Å². The van der Waals surface area contributed by atoms with Crippen molar-refractivity contribution in [2.75, 3.05) is 12.4 Å². The van der Waals surface area contributed by atoms with E-state index in [9.17, 15) is 14.0 Å². The lowest BCUT2D eigenvalue weighted by Gasteiger charge is -2.23. The third kappa shape index (κ3) is 5.41. The molecule has 2 heterocycles. The van der Waals surface area contributed by atoms with Gasteiger partial charge in [0.2, 0.25) is 5.91 Å². The third-order valence-electron chi connectivity index (χ3n) is 6.25. The van der Waals surface area contributed by atoms with Crippen molar-refractivity contribution < 1.29 is 18.7 Å². The molecule has 188 valence electrons. The number of nitrogens with one attached hydrogen (secondary N) is 1. The first-order valence-electron chi connectivity index (χ1n) is 11.8. The van der Waals surface area contributed by atoms with Gasteiger partial charge in [0.05, 0.1) is 18.9 Å². The summed E-state index contributed by atoms with van der Waals surface area (Å²) in [4.78, 5) is 29.7. The quantitative estimate of drug-likeness (QED) is 0.480. The second-order valence-corrected chi connectivity index (χ2v) is 9.98. The van der Waals surface area contributed by atoms with Crippen LogP contribution in [0.25, 0.3) is 0 Å². The molecule has 2 aliphatic heterocycles. The lowest BCUT2D eigenvalue weighted by atomic mass is 9.98. The van der Waals surface area contributed by atoms with E-state index in [0.717, 1.165) is 22.6 Å². The van der Waals surface area contributed by atoms with Crippen molar-refractivity contribution >= 4 is 40.1 Å². The van der Waals surface area contributed by atoms with E-state index in [2.05, 4.69) is 10.3 Å². The number of carbonyl (C=O) groups excluding carboxylic acids is 2. The van der Waals surface area contributed by atoms with Crippen molar-refractivity contribution in [2.45, 2.75) is 31.1 Å². The number of amidine groups is 1. The van der Waals surface area contributed by atoms with Gasteiger partial charge in [-0.1, -0.05) is 60.3 Å². The average Bonchev–Trinajstić information content (AvgIpc) is 3.51. The Kier molecular flexibility index (Phi) is 7.05. The minimum Gasteiger partial charge on any atom is -0.497 e. The summed E-state index contributed by atoms with van der Waals surface area (Å²) < 4.78 is 19.3.